The van der Waals surface area contributed by atoms with Crippen LogP contribution in [0.3, 0.4) is 0 Å². The lowest BCUT2D eigenvalue weighted by Crippen LogP contribution is -2.33. The number of ketones is 1. The molecule has 0 heterocycles. The number of rotatable bonds is 15. The van der Waals surface area contributed by atoms with Crippen LogP contribution in [0.4, 0.5) is 5.69 Å². The van der Waals surface area contributed by atoms with Gasteiger partial charge in [-0.05, 0) is 99.8 Å². The van der Waals surface area contributed by atoms with E-state index in [2.05, 4.69) is 26.8 Å². The zero-order chi connectivity index (χ0) is 29.9. The first kappa shape index (κ1) is 31.9. The Morgan fingerprint density at radius 3 is 2.45 bits per heavy atom. The summed E-state index contributed by atoms with van der Waals surface area (Å²) >= 11 is 0. The normalized spacial score (nSPS) is 24.0. The average molecular weight is 572 g/mol. The molecule has 2 aliphatic carbocycles. The van der Waals surface area contributed by atoms with E-state index >= 15 is 0 Å². The zero-order valence-corrected chi connectivity index (χ0v) is 25.7. The molecule has 5 heteroatoms. The lowest BCUT2D eigenvalue weighted by molar-refractivity contribution is -0.123. The minimum atomic E-state index is -0.359. The molecule has 6 atom stereocenters. The molecule has 2 fully saturated rings. The Morgan fingerprint density at radius 1 is 1.02 bits per heavy atom. The lowest BCUT2D eigenvalue weighted by atomic mass is 9.89. The monoisotopic (exact) mass is 571 g/mol. The number of allylic oxidation sites excluding steroid dienone is 3. The molecule has 0 saturated heterocycles. The van der Waals surface area contributed by atoms with Crippen LogP contribution in [-0.4, -0.2) is 36.1 Å². The van der Waals surface area contributed by atoms with Crippen LogP contribution in [0.2, 0.25) is 0 Å². The van der Waals surface area contributed by atoms with E-state index in [4.69, 9.17) is 4.74 Å². The van der Waals surface area contributed by atoms with Gasteiger partial charge in [-0.1, -0.05) is 73.2 Å². The number of aliphatic hydroxyl groups is 1. The van der Waals surface area contributed by atoms with Crippen molar-refractivity contribution in [2.75, 3.05) is 18.1 Å². The second-order valence-electron chi connectivity index (χ2n) is 12.8. The Hall–Kier alpha value is -3.02. The number of carbonyl (C=O) groups excluding carboxylic acids is 2. The highest BCUT2D eigenvalue weighted by atomic mass is 16.5. The smallest absolute Gasteiger partial charge is 0.253 e. The van der Waals surface area contributed by atoms with Crippen LogP contribution in [0, 0.1) is 29.6 Å². The Kier molecular flexibility index (Phi) is 12.2. The summed E-state index contributed by atoms with van der Waals surface area (Å²) < 4.78 is 5.92. The maximum Gasteiger partial charge on any atom is 0.253 e. The number of hydrogen-bond donors (Lipinski definition) is 1. The summed E-state index contributed by atoms with van der Waals surface area (Å²) in [6.07, 6.45) is 12.1. The molecule has 0 spiro atoms. The number of para-hydroxylation sites is 1. The molecule has 0 radical (unpaired) electrons. The molecule has 226 valence electrons. The third-order valence-corrected chi connectivity index (χ3v) is 9.04. The maximum atomic E-state index is 13.2. The van der Waals surface area contributed by atoms with Crippen molar-refractivity contribution in [2.45, 2.75) is 78.4 Å². The predicted octanol–water partition coefficient (Wildman–Crippen LogP) is 7.55. The van der Waals surface area contributed by atoms with Crippen molar-refractivity contribution in [3.8, 4) is 0 Å². The van der Waals surface area contributed by atoms with Crippen molar-refractivity contribution >= 4 is 17.4 Å². The van der Waals surface area contributed by atoms with Gasteiger partial charge in [0.25, 0.3) is 5.91 Å². The molecule has 4 rings (SSSR count). The van der Waals surface area contributed by atoms with Gasteiger partial charge in [0.15, 0.2) is 5.78 Å². The third-order valence-electron chi connectivity index (χ3n) is 9.04. The van der Waals surface area contributed by atoms with Gasteiger partial charge in [0, 0.05) is 24.6 Å². The Balaban J connectivity index is 1.21. The number of anilines is 1. The Morgan fingerprint density at radius 2 is 1.74 bits per heavy atom. The van der Waals surface area contributed by atoms with Crippen LogP contribution in [0.5, 0.6) is 0 Å². The minimum Gasteiger partial charge on any atom is -0.392 e. The molecule has 5 nitrogen and oxygen atoms in total. The lowest BCUT2D eigenvalue weighted by Gasteiger charge is -2.23. The Labute approximate surface area is 252 Å². The van der Waals surface area contributed by atoms with E-state index in [-0.39, 0.29) is 30.3 Å². The van der Waals surface area contributed by atoms with E-state index in [9.17, 15) is 14.7 Å². The maximum absolute atomic E-state index is 13.2. The molecule has 2 aliphatic rings. The highest BCUT2D eigenvalue weighted by Crippen LogP contribution is 2.51. The molecular weight excluding hydrogens is 522 g/mol. The van der Waals surface area contributed by atoms with Gasteiger partial charge < -0.3 is 14.7 Å². The van der Waals surface area contributed by atoms with Crippen molar-refractivity contribution in [3.05, 3.63) is 90.0 Å². The van der Waals surface area contributed by atoms with E-state index < -0.39 is 0 Å². The molecule has 2 unspecified atom stereocenters. The molecule has 0 bridgehead atoms. The molecule has 2 saturated carbocycles. The first-order valence-electron chi connectivity index (χ1n) is 15.8. The van der Waals surface area contributed by atoms with Crippen molar-refractivity contribution in [2.24, 2.45) is 29.6 Å². The highest BCUT2D eigenvalue weighted by Gasteiger charge is 2.46. The minimum absolute atomic E-state index is 0.0439. The van der Waals surface area contributed by atoms with Crippen molar-refractivity contribution in [1.29, 1.82) is 0 Å². The molecular formula is C37H49NO4. The number of aliphatic hydroxyl groups excluding tert-OH is 1. The van der Waals surface area contributed by atoms with Crippen LogP contribution >= 0.6 is 0 Å². The second kappa shape index (κ2) is 16.0. The summed E-state index contributed by atoms with van der Waals surface area (Å²) in [4.78, 5) is 27.6. The fraction of sp³-hybridized carbons (Fsp3) is 0.514. The van der Waals surface area contributed by atoms with E-state index in [1.807, 2.05) is 66.7 Å². The number of nitrogens with zero attached hydrogens (tertiary/aromatic N) is 1. The van der Waals surface area contributed by atoms with Gasteiger partial charge in [0.1, 0.15) is 6.61 Å². The van der Waals surface area contributed by atoms with Gasteiger partial charge in [-0.15, -0.1) is 0 Å². The highest BCUT2D eigenvalue weighted by molar-refractivity contribution is 5.94. The van der Waals surface area contributed by atoms with E-state index in [0.29, 0.717) is 43.2 Å². The predicted molar refractivity (Wildman–Crippen MR) is 170 cm³/mol. The molecule has 0 aromatic heterocycles. The first-order valence-corrected chi connectivity index (χ1v) is 15.8. The number of carbonyl (C=O) groups is 2. The van der Waals surface area contributed by atoms with E-state index in [0.717, 1.165) is 49.8 Å². The SMILES string of the molecule is CC(C)=CCCC(C)CC(=O)C=C[C@H]1[C@@H]2CC(CCOCC(=O)N(Cc3ccccc3)c3ccccc3)C[C@H]2C[C@@H]1O. The molecule has 1 N–H and O–H groups in total. The van der Waals surface area contributed by atoms with Crippen LogP contribution < -0.4 is 4.90 Å². The van der Waals surface area contributed by atoms with Crippen molar-refractivity contribution < 1.29 is 19.4 Å². The standard InChI is InChI=1S/C37H49NO4/c1-27(2)11-10-12-28(3)21-33(39)17-18-34-35-23-30(22-31(35)24-36(34)40)19-20-42-26-37(41)38(32-15-8-5-9-16-32)25-29-13-6-4-7-14-29/h4-9,11,13-18,28,30-31,34-36,40H,10,12,19-26H2,1-3H3/t28?,30?,31-,34-,35+,36-/m0/s1. The number of fused-ring (bicyclic) bond motifs is 1. The molecule has 0 aliphatic heterocycles. The van der Waals surface area contributed by atoms with Gasteiger partial charge in [0.05, 0.1) is 12.6 Å². The van der Waals surface area contributed by atoms with Crippen LogP contribution in [0.25, 0.3) is 0 Å². The number of ether oxygens (including phenoxy) is 1. The van der Waals surface area contributed by atoms with Gasteiger partial charge in [-0.3, -0.25) is 9.59 Å². The first-order chi connectivity index (χ1) is 20.3. The van der Waals surface area contributed by atoms with Crippen molar-refractivity contribution in [3.63, 3.8) is 0 Å². The summed E-state index contributed by atoms with van der Waals surface area (Å²) in [5, 5.41) is 10.7. The Bertz CT molecular complexity index is 1190. The molecule has 42 heavy (non-hydrogen) atoms. The van der Waals surface area contributed by atoms with Gasteiger partial charge in [-0.2, -0.15) is 0 Å². The topological polar surface area (TPSA) is 66.8 Å². The van der Waals surface area contributed by atoms with Crippen LogP contribution in [-0.2, 0) is 20.9 Å². The van der Waals surface area contributed by atoms with Crippen LogP contribution in [0.1, 0.15) is 71.3 Å². The average Bonchev–Trinajstić information content (AvgIpc) is 3.49. The molecule has 2 aromatic carbocycles. The summed E-state index contributed by atoms with van der Waals surface area (Å²) in [7, 11) is 0. The molecule has 2 aromatic rings. The fourth-order valence-electron chi connectivity index (χ4n) is 6.85. The number of benzene rings is 2. The largest absolute Gasteiger partial charge is 0.392 e. The van der Waals surface area contributed by atoms with E-state index in [1.54, 1.807) is 11.0 Å². The van der Waals surface area contributed by atoms with Gasteiger partial charge >= 0.3 is 0 Å². The van der Waals surface area contributed by atoms with Crippen molar-refractivity contribution in [1.82, 2.24) is 0 Å². The number of amides is 1. The summed E-state index contributed by atoms with van der Waals surface area (Å²) in [5.74, 6) is 1.99. The molecule has 1 amide bonds. The zero-order valence-electron chi connectivity index (χ0n) is 25.7. The van der Waals surface area contributed by atoms with Gasteiger partial charge in [-0.25, -0.2) is 0 Å². The summed E-state index contributed by atoms with van der Waals surface area (Å²) in [6.45, 7) is 7.47. The summed E-state index contributed by atoms with van der Waals surface area (Å²) in [5.41, 5.74) is 3.27. The fourth-order valence-corrected chi connectivity index (χ4v) is 6.85. The quantitative estimate of drug-likeness (QED) is 0.136. The van der Waals surface area contributed by atoms with E-state index in [1.165, 1.54) is 5.57 Å². The van der Waals surface area contributed by atoms with Gasteiger partial charge in [0.2, 0.25) is 0 Å². The summed E-state index contributed by atoms with van der Waals surface area (Å²) in [6, 6.07) is 19.8. The number of hydrogen-bond acceptors (Lipinski definition) is 4. The second-order valence-corrected chi connectivity index (χ2v) is 12.8. The third kappa shape index (κ3) is 9.50. The van der Waals surface area contributed by atoms with Crippen LogP contribution in [0.15, 0.2) is 84.5 Å².